The van der Waals surface area contributed by atoms with E-state index in [4.69, 9.17) is 18.8 Å². The van der Waals surface area contributed by atoms with Gasteiger partial charge >= 0.3 is 6.01 Å². The third-order valence-corrected chi connectivity index (χ3v) is 8.61. The van der Waals surface area contributed by atoms with Gasteiger partial charge in [0.25, 0.3) is 0 Å². The minimum atomic E-state index is -0.546. The number of aromatic nitrogens is 2. The molecule has 1 aliphatic heterocycles. The van der Waals surface area contributed by atoms with E-state index in [0.717, 1.165) is 33.6 Å². The lowest BCUT2D eigenvalue weighted by Crippen LogP contribution is -2.37. The van der Waals surface area contributed by atoms with Crippen molar-refractivity contribution >= 4 is 39.6 Å². The average Bonchev–Trinajstić information content (AvgIpc) is 3.70. The van der Waals surface area contributed by atoms with Crippen LogP contribution in [0.1, 0.15) is 22.3 Å². The quantitative estimate of drug-likeness (QED) is 0.212. The summed E-state index contributed by atoms with van der Waals surface area (Å²) in [5.41, 5.74) is 9.87. The van der Waals surface area contributed by atoms with Crippen molar-refractivity contribution < 1.29 is 8.83 Å². The Labute approximate surface area is 253 Å². The number of oxazole rings is 2. The van der Waals surface area contributed by atoms with Crippen molar-refractivity contribution in [3.05, 3.63) is 174 Å². The zero-order chi connectivity index (χ0) is 29.1. The fourth-order valence-corrected chi connectivity index (χ4v) is 6.75. The zero-order valence-corrected chi connectivity index (χ0v) is 23.6. The van der Waals surface area contributed by atoms with Gasteiger partial charge in [0.05, 0.1) is 16.8 Å². The highest BCUT2D eigenvalue weighted by molar-refractivity contribution is 5.93. The molecule has 1 aliphatic rings. The van der Waals surface area contributed by atoms with Gasteiger partial charge in [-0.1, -0.05) is 115 Å². The Kier molecular flexibility index (Phi) is 5.34. The van der Waals surface area contributed by atoms with Crippen LogP contribution >= 0.6 is 0 Å². The van der Waals surface area contributed by atoms with Crippen LogP contribution in [0.5, 0.6) is 0 Å². The largest absolute Gasteiger partial charge is 0.436 e. The fourth-order valence-electron chi connectivity index (χ4n) is 6.75. The number of anilines is 3. The van der Waals surface area contributed by atoms with Gasteiger partial charge in [-0.15, -0.1) is 0 Å². The lowest BCUT2D eigenvalue weighted by atomic mass is 9.62. The van der Waals surface area contributed by atoms with Crippen LogP contribution in [0.15, 0.2) is 160 Å². The molecule has 6 aromatic carbocycles. The number of hydrogen-bond donors (Lipinski definition) is 0. The van der Waals surface area contributed by atoms with Gasteiger partial charge < -0.3 is 8.83 Å². The summed E-state index contributed by atoms with van der Waals surface area (Å²) in [5.74, 6) is 0.575. The Bertz CT molecular complexity index is 2150. The summed E-state index contributed by atoms with van der Waals surface area (Å²) >= 11 is 0. The summed E-state index contributed by atoms with van der Waals surface area (Å²) in [6.45, 7) is 0. The van der Waals surface area contributed by atoms with E-state index in [1.54, 1.807) is 0 Å². The molecule has 0 saturated heterocycles. The highest BCUT2D eigenvalue weighted by atomic mass is 16.4. The van der Waals surface area contributed by atoms with Gasteiger partial charge in [-0.05, 0) is 46.5 Å². The summed E-state index contributed by atoms with van der Waals surface area (Å²) in [5, 5.41) is 0. The van der Waals surface area contributed by atoms with Crippen LogP contribution in [0.3, 0.4) is 0 Å². The molecule has 208 valence electrons. The maximum absolute atomic E-state index is 6.56. The van der Waals surface area contributed by atoms with Crippen LogP contribution in [0.25, 0.3) is 33.7 Å². The molecule has 44 heavy (non-hydrogen) atoms. The standard InChI is InChI=1S/C39H25N3O2/c1-4-14-26(15-5-1)37-40-31-24-36-32(25-35(31)43-37)41-38(44-36)42-33-22-12-10-20-29(33)39(27-16-6-2-7-17-27,28-18-8-3-9-19-28)30-21-11-13-23-34(30)42/h1-25H. The first-order chi connectivity index (χ1) is 21.8. The van der Waals surface area contributed by atoms with Crippen molar-refractivity contribution in [2.24, 2.45) is 0 Å². The van der Waals surface area contributed by atoms with E-state index in [1.807, 2.05) is 42.5 Å². The number of benzene rings is 6. The van der Waals surface area contributed by atoms with Crippen LogP contribution in [-0.2, 0) is 5.41 Å². The van der Waals surface area contributed by atoms with E-state index in [-0.39, 0.29) is 0 Å². The molecule has 0 atom stereocenters. The van der Waals surface area contributed by atoms with E-state index < -0.39 is 5.41 Å². The van der Waals surface area contributed by atoms with Crippen LogP contribution in [0.2, 0.25) is 0 Å². The van der Waals surface area contributed by atoms with Gasteiger partial charge in [-0.25, -0.2) is 4.98 Å². The van der Waals surface area contributed by atoms with Crippen LogP contribution in [-0.4, -0.2) is 9.97 Å². The molecule has 9 rings (SSSR count). The smallest absolute Gasteiger partial charge is 0.307 e. The summed E-state index contributed by atoms with van der Waals surface area (Å²) in [4.78, 5) is 11.9. The zero-order valence-electron chi connectivity index (χ0n) is 23.6. The predicted molar refractivity (Wildman–Crippen MR) is 174 cm³/mol. The lowest BCUT2D eigenvalue weighted by molar-refractivity contribution is 0.602. The topological polar surface area (TPSA) is 55.3 Å². The number of nitrogens with zero attached hydrogens (tertiary/aromatic N) is 3. The van der Waals surface area contributed by atoms with Gasteiger partial charge in [0, 0.05) is 17.7 Å². The SMILES string of the molecule is c1ccc(-c2nc3cc4oc(N5c6ccccc6C(c6ccccc6)(c6ccccc6)c6ccccc65)nc4cc3o2)cc1. The highest BCUT2D eigenvalue weighted by Gasteiger charge is 2.47. The van der Waals surface area contributed by atoms with Crippen molar-refractivity contribution in [2.75, 3.05) is 4.90 Å². The minimum Gasteiger partial charge on any atom is -0.436 e. The molecule has 0 spiro atoms. The summed E-state index contributed by atoms with van der Waals surface area (Å²) in [7, 11) is 0. The van der Waals surface area contributed by atoms with E-state index in [0.29, 0.717) is 28.6 Å². The second kappa shape index (κ2) is 9.54. The molecule has 0 radical (unpaired) electrons. The molecule has 8 aromatic rings. The maximum atomic E-state index is 6.56. The van der Waals surface area contributed by atoms with Crippen LogP contribution in [0, 0.1) is 0 Å². The molecule has 3 heterocycles. The van der Waals surface area contributed by atoms with Crippen molar-refractivity contribution in [2.45, 2.75) is 5.41 Å². The molecular formula is C39H25N3O2. The number of fused-ring (bicyclic) bond motifs is 4. The Morgan fingerprint density at radius 3 is 1.55 bits per heavy atom. The van der Waals surface area contributed by atoms with Gasteiger partial charge in [-0.3, -0.25) is 4.90 Å². The summed E-state index contributed by atoms with van der Waals surface area (Å²) in [6, 6.07) is 52.9. The van der Waals surface area contributed by atoms with Crippen molar-refractivity contribution in [3.63, 3.8) is 0 Å². The van der Waals surface area contributed by atoms with Gasteiger partial charge in [0.1, 0.15) is 11.0 Å². The Balaban J connectivity index is 1.27. The normalized spacial score (nSPS) is 13.6. The Morgan fingerprint density at radius 2 is 0.955 bits per heavy atom. The number of para-hydroxylation sites is 2. The third kappa shape index (κ3) is 3.53. The first kappa shape index (κ1) is 24.6. The lowest BCUT2D eigenvalue weighted by Gasteiger charge is -2.45. The van der Waals surface area contributed by atoms with E-state index in [1.165, 1.54) is 11.1 Å². The molecule has 0 fully saturated rings. The predicted octanol–water partition coefficient (Wildman–Crippen LogP) is 9.80. The van der Waals surface area contributed by atoms with Crippen molar-refractivity contribution in [1.29, 1.82) is 0 Å². The molecule has 0 bridgehead atoms. The van der Waals surface area contributed by atoms with E-state index >= 15 is 0 Å². The molecular weight excluding hydrogens is 542 g/mol. The molecule has 0 N–H and O–H groups in total. The number of hydrogen-bond acceptors (Lipinski definition) is 5. The van der Waals surface area contributed by atoms with Crippen LogP contribution < -0.4 is 4.90 Å². The molecule has 5 nitrogen and oxygen atoms in total. The molecule has 5 heteroatoms. The van der Waals surface area contributed by atoms with E-state index in [9.17, 15) is 0 Å². The van der Waals surface area contributed by atoms with Gasteiger partial charge in [-0.2, -0.15) is 4.98 Å². The summed E-state index contributed by atoms with van der Waals surface area (Å²) in [6.07, 6.45) is 0. The van der Waals surface area contributed by atoms with Crippen LogP contribution in [0.4, 0.5) is 17.4 Å². The van der Waals surface area contributed by atoms with Gasteiger partial charge in [0.15, 0.2) is 11.2 Å². The first-order valence-corrected chi connectivity index (χ1v) is 14.7. The maximum Gasteiger partial charge on any atom is 0.307 e. The van der Waals surface area contributed by atoms with Crippen molar-refractivity contribution in [3.8, 4) is 11.5 Å². The Hall–Kier alpha value is -5.94. The van der Waals surface area contributed by atoms with Crippen molar-refractivity contribution in [1.82, 2.24) is 9.97 Å². The Morgan fingerprint density at radius 1 is 0.477 bits per heavy atom. The molecule has 0 unspecified atom stereocenters. The van der Waals surface area contributed by atoms with Gasteiger partial charge in [0.2, 0.25) is 5.89 Å². The monoisotopic (exact) mass is 567 g/mol. The highest BCUT2D eigenvalue weighted by Crippen LogP contribution is 2.57. The second-order valence-electron chi connectivity index (χ2n) is 11.0. The van der Waals surface area contributed by atoms with E-state index in [2.05, 4.69) is 114 Å². The molecule has 2 aromatic heterocycles. The summed E-state index contributed by atoms with van der Waals surface area (Å²) < 4.78 is 12.7. The third-order valence-electron chi connectivity index (χ3n) is 8.61. The average molecular weight is 568 g/mol. The molecule has 0 amide bonds. The number of rotatable bonds is 4. The fraction of sp³-hybridized carbons (Fsp3) is 0.0256. The second-order valence-corrected chi connectivity index (χ2v) is 11.0. The molecule has 0 aliphatic carbocycles. The molecule has 0 saturated carbocycles. The minimum absolute atomic E-state index is 0.491. The first-order valence-electron chi connectivity index (χ1n) is 14.7.